The van der Waals surface area contributed by atoms with Gasteiger partial charge in [0.15, 0.2) is 5.71 Å². The van der Waals surface area contributed by atoms with E-state index in [2.05, 4.69) is 48.3 Å². The minimum absolute atomic E-state index is 0.128. The van der Waals surface area contributed by atoms with Crippen LogP contribution >= 0.6 is 22.7 Å². The molecule has 0 bridgehead atoms. The molecule has 3 heterocycles. The Morgan fingerprint density at radius 2 is 1.64 bits per heavy atom. The van der Waals surface area contributed by atoms with Gasteiger partial charge in [-0.25, -0.2) is 9.97 Å². The first-order valence-electron chi connectivity index (χ1n) is 11.6. The summed E-state index contributed by atoms with van der Waals surface area (Å²) in [5, 5.41) is 13.5. The van der Waals surface area contributed by atoms with E-state index in [9.17, 15) is 4.79 Å². The summed E-state index contributed by atoms with van der Waals surface area (Å²) in [4.78, 5) is 24.0. The molecule has 0 spiro atoms. The van der Waals surface area contributed by atoms with E-state index in [0.29, 0.717) is 16.0 Å². The number of benzene rings is 2. The molecule has 36 heavy (non-hydrogen) atoms. The molecule has 1 amide bonds. The largest absolute Gasteiger partial charge is 0.303 e. The summed E-state index contributed by atoms with van der Waals surface area (Å²) < 4.78 is 0. The van der Waals surface area contributed by atoms with E-state index in [0.717, 1.165) is 33.8 Å². The normalized spacial score (nSPS) is 15.0. The molecule has 2 aromatic carbocycles. The predicted octanol–water partition coefficient (Wildman–Crippen LogP) is 6.38. The third-order valence-corrected chi connectivity index (χ3v) is 7.20. The summed E-state index contributed by atoms with van der Waals surface area (Å²) in [5.74, 6) is -0.335. The van der Waals surface area contributed by atoms with Gasteiger partial charge in [0.05, 0.1) is 11.4 Å². The first-order valence-corrected chi connectivity index (χ1v) is 13.3. The topological polar surface area (TPSA) is 82.8 Å². The highest BCUT2D eigenvalue weighted by Crippen LogP contribution is 2.31. The van der Waals surface area contributed by atoms with Crippen LogP contribution in [0.5, 0.6) is 0 Å². The molecule has 5 rings (SSSR count). The van der Waals surface area contributed by atoms with Gasteiger partial charge in [-0.05, 0) is 18.8 Å². The van der Waals surface area contributed by atoms with Crippen molar-refractivity contribution in [2.45, 2.75) is 34.1 Å². The molecular weight excluding hydrogens is 488 g/mol. The van der Waals surface area contributed by atoms with Crippen LogP contribution in [0.15, 0.2) is 76.2 Å². The molecule has 0 radical (unpaired) electrons. The fourth-order valence-corrected chi connectivity index (χ4v) is 5.32. The van der Waals surface area contributed by atoms with Crippen molar-refractivity contribution in [2.24, 2.45) is 15.6 Å². The fraction of sp³-hybridized carbons (Fsp3) is 0.222. The zero-order valence-electron chi connectivity index (χ0n) is 20.5. The van der Waals surface area contributed by atoms with E-state index in [-0.39, 0.29) is 17.0 Å². The first-order chi connectivity index (χ1) is 17.3. The van der Waals surface area contributed by atoms with Gasteiger partial charge in [-0.3, -0.25) is 10.2 Å². The quantitative estimate of drug-likeness (QED) is 0.303. The molecule has 0 aliphatic carbocycles. The van der Waals surface area contributed by atoms with Crippen LogP contribution in [-0.4, -0.2) is 27.3 Å². The Kier molecular flexibility index (Phi) is 6.51. The van der Waals surface area contributed by atoms with Gasteiger partial charge in [0.1, 0.15) is 5.71 Å². The number of hydrogen-bond donors (Lipinski definition) is 1. The molecule has 4 aromatic rings. The minimum atomic E-state index is -0.335. The Hall–Kier alpha value is -3.69. The van der Waals surface area contributed by atoms with Crippen molar-refractivity contribution in [3.05, 3.63) is 82.2 Å². The van der Waals surface area contributed by atoms with Crippen molar-refractivity contribution in [2.75, 3.05) is 10.4 Å². The van der Waals surface area contributed by atoms with Crippen molar-refractivity contribution in [1.29, 1.82) is 0 Å². The van der Waals surface area contributed by atoms with Crippen LogP contribution in [0.25, 0.3) is 11.3 Å². The third kappa shape index (κ3) is 5.12. The molecule has 9 heteroatoms. The predicted molar refractivity (Wildman–Crippen MR) is 149 cm³/mol. The SMILES string of the molecule is Cc1sc(N/N=C2\C(=O)N(c3nc(-c4ccccc4)cs3)N=C2c2ccccc2)nc1CC(C)(C)C. The number of hydrazone groups is 2. The van der Waals surface area contributed by atoms with Gasteiger partial charge in [0.25, 0.3) is 0 Å². The van der Waals surface area contributed by atoms with Crippen LogP contribution in [-0.2, 0) is 11.2 Å². The van der Waals surface area contributed by atoms with Gasteiger partial charge in [-0.1, -0.05) is 81.4 Å². The summed E-state index contributed by atoms with van der Waals surface area (Å²) in [6, 6.07) is 19.4. The Morgan fingerprint density at radius 3 is 2.31 bits per heavy atom. The number of thiazole rings is 2. The molecule has 1 aliphatic heterocycles. The number of aryl methyl sites for hydroxylation is 1. The zero-order chi connectivity index (χ0) is 25.3. The number of nitrogens with zero attached hydrogens (tertiary/aromatic N) is 5. The van der Waals surface area contributed by atoms with Gasteiger partial charge in [0.2, 0.25) is 10.3 Å². The molecule has 1 N–H and O–H groups in total. The second-order valence-electron chi connectivity index (χ2n) is 9.64. The molecule has 7 nitrogen and oxygen atoms in total. The average Bonchev–Trinajstić information content (AvgIpc) is 3.56. The average molecular weight is 515 g/mol. The number of rotatable bonds is 6. The van der Waals surface area contributed by atoms with E-state index in [1.165, 1.54) is 27.7 Å². The van der Waals surface area contributed by atoms with E-state index in [4.69, 9.17) is 4.98 Å². The number of nitrogens with one attached hydrogen (secondary N) is 1. The molecule has 0 saturated heterocycles. The summed E-state index contributed by atoms with van der Waals surface area (Å²) in [7, 11) is 0. The highest BCUT2D eigenvalue weighted by Gasteiger charge is 2.36. The van der Waals surface area contributed by atoms with E-state index in [1.54, 1.807) is 0 Å². The number of carbonyl (C=O) groups excluding carboxylic acids is 1. The highest BCUT2D eigenvalue weighted by atomic mass is 32.1. The van der Waals surface area contributed by atoms with Crippen molar-refractivity contribution >= 4 is 50.3 Å². The van der Waals surface area contributed by atoms with Gasteiger partial charge < -0.3 is 0 Å². The monoisotopic (exact) mass is 514 g/mol. The molecular formula is C27H26N6OS2. The van der Waals surface area contributed by atoms with E-state index < -0.39 is 0 Å². The van der Waals surface area contributed by atoms with Gasteiger partial charge in [-0.15, -0.1) is 22.7 Å². The van der Waals surface area contributed by atoms with Gasteiger partial charge >= 0.3 is 5.91 Å². The number of hydrogen-bond acceptors (Lipinski definition) is 8. The second kappa shape index (κ2) is 9.75. The Morgan fingerprint density at radius 1 is 0.972 bits per heavy atom. The maximum absolute atomic E-state index is 13.5. The summed E-state index contributed by atoms with van der Waals surface area (Å²) in [5.41, 5.74) is 7.50. The summed E-state index contributed by atoms with van der Waals surface area (Å²) in [6.45, 7) is 8.63. The lowest BCUT2D eigenvalue weighted by atomic mass is 9.90. The maximum Gasteiger partial charge on any atom is 0.303 e. The molecule has 1 aliphatic rings. The summed E-state index contributed by atoms with van der Waals surface area (Å²) >= 11 is 2.90. The number of amides is 1. The van der Waals surface area contributed by atoms with Crippen molar-refractivity contribution < 1.29 is 4.79 Å². The lowest BCUT2D eigenvalue weighted by molar-refractivity contribution is -0.112. The van der Waals surface area contributed by atoms with E-state index in [1.807, 2.05) is 66.0 Å². The van der Waals surface area contributed by atoms with E-state index >= 15 is 0 Å². The molecule has 0 atom stereocenters. The van der Waals surface area contributed by atoms with Crippen molar-refractivity contribution in [3.63, 3.8) is 0 Å². The smallest absolute Gasteiger partial charge is 0.265 e. The minimum Gasteiger partial charge on any atom is -0.265 e. The van der Waals surface area contributed by atoms with Crippen LogP contribution in [0.2, 0.25) is 0 Å². The lowest BCUT2D eigenvalue weighted by Gasteiger charge is -2.16. The molecule has 2 aromatic heterocycles. The second-order valence-corrected chi connectivity index (χ2v) is 11.7. The standard InChI is InChI=1S/C27H26N6OS2/c1-17-20(15-27(2,3)4)28-25(36-17)31-30-23-22(19-13-9-6-10-14-19)32-33(24(23)34)26-29-21(16-35-26)18-11-7-5-8-12-18/h5-14,16H,15H2,1-4H3,(H,28,31)/b30-23-. The van der Waals surface area contributed by atoms with Crippen LogP contribution in [0, 0.1) is 12.3 Å². The molecule has 0 saturated carbocycles. The maximum atomic E-state index is 13.5. The van der Waals surface area contributed by atoms with Gasteiger partial charge in [0, 0.05) is 21.4 Å². The Balaban J connectivity index is 1.46. The van der Waals surface area contributed by atoms with Crippen molar-refractivity contribution in [1.82, 2.24) is 9.97 Å². The number of carbonyl (C=O) groups is 1. The van der Waals surface area contributed by atoms with Crippen LogP contribution in [0.3, 0.4) is 0 Å². The zero-order valence-corrected chi connectivity index (χ0v) is 22.2. The van der Waals surface area contributed by atoms with Crippen LogP contribution < -0.4 is 10.4 Å². The molecule has 0 unspecified atom stereocenters. The third-order valence-electron chi connectivity index (χ3n) is 5.46. The van der Waals surface area contributed by atoms with Crippen LogP contribution in [0.1, 0.15) is 36.9 Å². The summed E-state index contributed by atoms with van der Waals surface area (Å²) in [6.07, 6.45) is 0.866. The van der Waals surface area contributed by atoms with Gasteiger partial charge in [-0.2, -0.15) is 15.2 Å². The Bertz CT molecular complexity index is 1450. The highest BCUT2D eigenvalue weighted by molar-refractivity contribution is 7.15. The lowest BCUT2D eigenvalue weighted by Crippen LogP contribution is -2.28. The van der Waals surface area contributed by atoms with Crippen LogP contribution in [0.4, 0.5) is 10.3 Å². The van der Waals surface area contributed by atoms with Crippen molar-refractivity contribution in [3.8, 4) is 11.3 Å². The number of anilines is 2. The first kappa shape index (κ1) is 24.0. The number of aromatic nitrogens is 2. The molecule has 0 fully saturated rings. The Labute approximate surface area is 218 Å². The fourth-order valence-electron chi connectivity index (χ4n) is 3.76. The molecule has 182 valence electrons.